The largest absolute Gasteiger partial charge is 0.481 e. The fraction of sp³-hybridized carbons (Fsp3) is 0.333. The molecular weight excluding hydrogens is 170 g/mol. The molecule has 0 saturated heterocycles. The minimum Gasteiger partial charge on any atom is -0.481 e. The van der Waals surface area contributed by atoms with Gasteiger partial charge in [-0.3, -0.25) is 4.99 Å². The van der Waals surface area contributed by atoms with Crippen LogP contribution in [0.15, 0.2) is 29.6 Å². The van der Waals surface area contributed by atoms with E-state index in [9.17, 15) is 4.79 Å². The van der Waals surface area contributed by atoms with Crippen molar-refractivity contribution in [2.45, 2.75) is 13.0 Å². The van der Waals surface area contributed by atoms with Crippen LogP contribution in [0.1, 0.15) is 6.92 Å². The van der Waals surface area contributed by atoms with Crippen LogP contribution in [0.5, 0.6) is 0 Å². The number of carbonyl (C=O) groups excluding carboxylic acids is 1. The Balaban J connectivity index is 2.58. The Morgan fingerprint density at radius 3 is 3.23 bits per heavy atom. The van der Waals surface area contributed by atoms with Gasteiger partial charge in [0.15, 0.2) is 0 Å². The van der Waals surface area contributed by atoms with Gasteiger partial charge in [0, 0.05) is 6.20 Å². The lowest BCUT2D eigenvalue weighted by Gasteiger charge is -2.10. The second kappa shape index (κ2) is 5.13. The van der Waals surface area contributed by atoms with Crippen molar-refractivity contribution in [1.82, 2.24) is 0 Å². The highest BCUT2D eigenvalue weighted by atomic mass is 16.6. The van der Waals surface area contributed by atoms with E-state index >= 15 is 0 Å². The summed E-state index contributed by atoms with van der Waals surface area (Å²) in [5.41, 5.74) is 0. The molecule has 1 atom stereocenters. The summed E-state index contributed by atoms with van der Waals surface area (Å²) < 4.78 is 9.81. The van der Waals surface area contributed by atoms with E-state index in [1.54, 1.807) is 25.3 Å². The van der Waals surface area contributed by atoms with Crippen LogP contribution in [0.2, 0.25) is 0 Å². The zero-order valence-electron chi connectivity index (χ0n) is 7.34. The molecule has 0 aromatic heterocycles. The Hall–Kier alpha value is -1.58. The van der Waals surface area contributed by atoms with Gasteiger partial charge in [-0.15, -0.1) is 0 Å². The monoisotopic (exact) mass is 181 g/mol. The number of hydrogen-bond donors (Lipinski definition) is 0. The van der Waals surface area contributed by atoms with Crippen LogP contribution in [-0.4, -0.2) is 24.9 Å². The number of esters is 1. The Kier molecular flexibility index (Phi) is 3.75. The lowest BCUT2D eigenvalue weighted by atomic mass is 10.4. The van der Waals surface area contributed by atoms with Gasteiger partial charge < -0.3 is 9.47 Å². The topological polar surface area (TPSA) is 47.9 Å². The smallest absolute Gasteiger partial charge is 0.353 e. The van der Waals surface area contributed by atoms with E-state index in [1.165, 1.54) is 12.5 Å². The number of hydrogen-bond acceptors (Lipinski definition) is 4. The summed E-state index contributed by atoms with van der Waals surface area (Å²) in [5, 5.41) is 0. The van der Waals surface area contributed by atoms with Gasteiger partial charge >= 0.3 is 5.97 Å². The minimum atomic E-state index is -0.735. The Bertz CT molecular complexity index is 256. The van der Waals surface area contributed by atoms with Crippen LogP contribution < -0.4 is 0 Å². The number of carbonyl (C=O) groups is 1. The molecule has 0 N–H and O–H groups in total. The van der Waals surface area contributed by atoms with E-state index in [1.807, 2.05) is 0 Å². The van der Waals surface area contributed by atoms with Gasteiger partial charge in [-0.1, -0.05) is 0 Å². The van der Waals surface area contributed by atoms with Crippen LogP contribution in [-0.2, 0) is 14.3 Å². The van der Waals surface area contributed by atoms with Crippen molar-refractivity contribution in [2.75, 3.05) is 6.61 Å². The van der Waals surface area contributed by atoms with E-state index in [2.05, 4.69) is 4.99 Å². The van der Waals surface area contributed by atoms with E-state index in [0.29, 0.717) is 6.61 Å². The number of aliphatic imine (C=N–C) groups is 1. The molecule has 1 aliphatic rings. The lowest BCUT2D eigenvalue weighted by molar-refractivity contribution is -0.149. The minimum absolute atomic E-state index is 0.339. The van der Waals surface area contributed by atoms with Crippen LogP contribution in [0.3, 0.4) is 0 Å². The third-order valence-corrected chi connectivity index (χ3v) is 1.33. The molecule has 1 unspecified atom stereocenters. The van der Waals surface area contributed by atoms with Crippen molar-refractivity contribution in [3.8, 4) is 0 Å². The summed E-state index contributed by atoms with van der Waals surface area (Å²) in [5.74, 6) is -0.425. The predicted octanol–water partition coefficient (Wildman–Crippen LogP) is 1.05. The van der Waals surface area contributed by atoms with Crippen molar-refractivity contribution >= 4 is 12.2 Å². The molecule has 0 spiro atoms. The first-order chi connectivity index (χ1) is 6.34. The third-order valence-electron chi connectivity index (χ3n) is 1.33. The first-order valence-corrected chi connectivity index (χ1v) is 4.01. The summed E-state index contributed by atoms with van der Waals surface area (Å²) in [6.07, 6.45) is 7.04. The zero-order valence-corrected chi connectivity index (χ0v) is 7.34. The molecular formula is C9H11NO3. The maximum atomic E-state index is 11.2. The van der Waals surface area contributed by atoms with E-state index in [4.69, 9.17) is 9.47 Å². The molecule has 4 heteroatoms. The second-order valence-corrected chi connectivity index (χ2v) is 2.28. The molecule has 1 aliphatic heterocycles. The Morgan fingerprint density at radius 1 is 1.62 bits per heavy atom. The molecule has 0 amide bonds. The van der Waals surface area contributed by atoms with Crippen molar-refractivity contribution in [3.05, 3.63) is 24.6 Å². The van der Waals surface area contributed by atoms with E-state index in [-0.39, 0.29) is 0 Å². The van der Waals surface area contributed by atoms with Crippen molar-refractivity contribution < 1.29 is 14.3 Å². The molecule has 4 nitrogen and oxygen atoms in total. The molecule has 70 valence electrons. The molecule has 13 heavy (non-hydrogen) atoms. The zero-order chi connectivity index (χ0) is 9.52. The maximum Gasteiger partial charge on any atom is 0.353 e. The number of ether oxygens (including phenoxy) is 2. The van der Waals surface area contributed by atoms with Gasteiger partial charge in [0.2, 0.25) is 6.10 Å². The lowest BCUT2D eigenvalue weighted by Crippen LogP contribution is -2.26. The summed E-state index contributed by atoms with van der Waals surface area (Å²) in [6, 6.07) is 0. The predicted molar refractivity (Wildman–Crippen MR) is 48.3 cm³/mol. The van der Waals surface area contributed by atoms with Crippen LogP contribution in [0.4, 0.5) is 0 Å². The highest BCUT2D eigenvalue weighted by Gasteiger charge is 2.17. The normalized spacial score (nSPS) is 25.2. The van der Waals surface area contributed by atoms with E-state index < -0.39 is 12.1 Å². The number of allylic oxidation sites excluding steroid dienone is 2. The fourth-order valence-electron chi connectivity index (χ4n) is 0.779. The Morgan fingerprint density at radius 2 is 2.46 bits per heavy atom. The molecule has 1 rings (SSSR count). The number of rotatable bonds is 2. The standard InChI is InChI=1S/C9H11NO3/c1-2-12-9(11)8-7-10-5-3-4-6-13-8/h3-8H,2H2,1H3/b5-3-,6-4-,10-7?. The molecule has 0 fully saturated rings. The molecule has 0 aliphatic carbocycles. The van der Waals surface area contributed by atoms with Gasteiger partial charge in [0.25, 0.3) is 0 Å². The molecule has 0 aromatic carbocycles. The molecule has 0 aromatic rings. The molecule has 0 radical (unpaired) electrons. The highest BCUT2D eigenvalue weighted by molar-refractivity contribution is 5.93. The SMILES string of the molecule is CCOC(=O)C1C=N/C=C\C=C/O1. The van der Waals surface area contributed by atoms with Crippen LogP contribution in [0.25, 0.3) is 0 Å². The third kappa shape index (κ3) is 3.11. The first-order valence-electron chi connectivity index (χ1n) is 4.01. The molecule has 1 heterocycles. The summed E-state index contributed by atoms with van der Waals surface area (Å²) in [6.45, 7) is 2.08. The van der Waals surface area contributed by atoms with Gasteiger partial charge in [-0.2, -0.15) is 0 Å². The fourth-order valence-corrected chi connectivity index (χ4v) is 0.779. The summed E-state index contributed by atoms with van der Waals surface area (Å²) >= 11 is 0. The first kappa shape index (κ1) is 9.51. The van der Waals surface area contributed by atoms with Crippen molar-refractivity contribution in [1.29, 1.82) is 0 Å². The van der Waals surface area contributed by atoms with Crippen LogP contribution in [0, 0.1) is 0 Å². The average Bonchev–Trinajstić information content (AvgIpc) is 2.03. The maximum absolute atomic E-state index is 11.2. The number of nitrogens with zero attached hydrogens (tertiary/aromatic N) is 1. The van der Waals surface area contributed by atoms with Crippen molar-refractivity contribution in [2.24, 2.45) is 4.99 Å². The van der Waals surface area contributed by atoms with Crippen LogP contribution >= 0.6 is 0 Å². The van der Waals surface area contributed by atoms with E-state index in [0.717, 1.165) is 0 Å². The van der Waals surface area contributed by atoms with Gasteiger partial charge in [-0.05, 0) is 19.1 Å². The molecule has 0 bridgehead atoms. The Labute approximate surface area is 76.6 Å². The average molecular weight is 181 g/mol. The quantitative estimate of drug-likeness (QED) is 0.598. The molecule has 0 saturated carbocycles. The highest BCUT2D eigenvalue weighted by Crippen LogP contribution is 1.97. The summed E-state index contributed by atoms with van der Waals surface area (Å²) in [4.78, 5) is 15.0. The summed E-state index contributed by atoms with van der Waals surface area (Å²) in [7, 11) is 0. The van der Waals surface area contributed by atoms with Gasteiger partial charge in [0.05, 0.1) is 19.1 Å². The van der Waals surface area contributed by atoms with Gasteiger partial charge in [0.1, 0.15) is 0 Å². The second-order valence-electron chi connectivity index (χ2n) is 2.28. The van der Waals surface area contributed by atoms with Gasteiger partial charge in [-0.25, -0.2) is 4.79 Å². The van der Waals surface area contributed by atoms with Crippen molar-refractivity contribution in [3.63, 3.8) is 0 Å².